The van der Waals surface area contributed by atoms with Gasteiger partial charge in [0, 0.05) is 11.2 Å². The highest BCUT2D eigenvalue weighted by molar-refractivity contribution is 6.31. The minimum atomic E-state index is 0.727. The molecular formula is C14H14ClN3. The Hall–Kier alpha value is -1.87. The third-order valence-corrected chi connectivity index (χ3v) is 2.97. The predicted molar refractivity (Wildman–Crippen MR) is 76.3 cm³/mol. The molecule has 2 aromatic rings. The van der Waals surface area contributed by atoms with E-state index in [9.17, 15) is 0 Å². The molecule has 0 amide bonds. The fraction of sp³-hybridized carbons (Fsp3) is 0.143. The molecule has 0 unspecified atom stereocenters. The highest BCUT2D eigenvalue weighted by Gasteiger charge is 1.99. The van der Waals surface area contributed by atoms with Crippen LogP contribution in [0.1, 0.15) is 18.2 Å². The monoisotopic (exact) mass is 259 g/mol. The van der Waals surface area contributed by atoms with Crippen LogP contribution < -0.4 is 5.43 Å². The van der Waals surface area contributed by atoms with Crippen molar-refractivity contribution in [3.05, 3.63) is 58.9 Å². The van der Waals surface area contributed by atoms with E-state index >= 15 is 0 Å². The molecular weight excluding hydrogens is 246 g/mol. The van der Waals surface area contributed by atoms with Crippen LogP contribution in [0.15, 0.2) is 47.7 Å². The lowest BCUT2D eigenvalue weighted by molar-refractivity contribution is 1.25. The maximum absolute atomic E-state index is 6.05. The molecule has 1 heterocycles. The van der Waals surface area contributed by atoms with Crippen LogP contribution in [0.2, 0.25) is 5.02 Å². The van der Waals surface area contributed by atoms with Gasteiger partial charge in [-0.15, -0.1) is 0 Å². The van der Waals surface area contributed by atoms with E-state index in [-0.39, 0.29) is 0 Å². The smallest absolute Gasteiger partial charge is 0.0859 e. The number of pyridine rings is 1. The molecule has 0 aliphatic carbocycles. The van der Waals surface area contributed by atoms with Gasteiger partial charge in [-0.3, -0.25) is 10.4 Å². The first kappa shape index (κ1) is 12.6. The van der Waals surface area contributed by atoms with Gasteiger partial charge in [0.05, 0.1) is 17.1 Å². The molecule has 2 rings (SSSR count). The zero-order valence-electron chi connectivity index (χ0n) is 10.3. The van der Waals surface area contributed by atoms with Gasteiger partial charge in [-0.2, -0.15) is 5.10 Å². The summed E-state index contributed by atoms with van der Waals surface area (Å²) >= 11 is 6.05. The van der Waals surface area contributed by atoms with Gasteiger partial charge in [-0.05, 0) is 43.7 Å². The summed E-state index contributed by atoms with van der Waals surface area (Å²) in [6, 6.07) is 11.5. The molecule has 1 aromatic heterocycles. The Morgan fingerprint density at radius 3 is 2.78 bits per heavy atom. The molecule has 0 saturated heterocycles. The van der Waals surface area contributed by atoms with Gasteiger partial charge < -0.3 is 0 Å². The molecule has 0 fully saturated rings. The number of hydrazone groups is 1. The highest BCUT2D eigenvalue weighted by Crippen LogP contribution is 2.19. The van der Waals surface area contributed by atoms with Crippen molar-refractivity contribution in [2.24, 2.45) is 5.10 Å². The third-order valence-electron chi connectivity index (χ3n) is 2.56. The summed E-state index contributed by atoms with van der Waals surface area (Å²) in [5.41, 5.74) is 6.56. The van der Waals surface area contributed by atoms with E-state index in [1.807, 2.05) is 50.2 Å². The first-order chi connectivity index (χ1) is 8.66. The number of aryl methyl sites for hydroxylation is 1. The van der Waals surface area contributed by atoms with Crippen LogP contribution in [0.3, 0.4) is 0 Å². The van der Waals surface area contributed by atoms with Crippen molar-refractivity contribution in [2.45, 2.75) is 13.8 Å². The molecule has 1 N–H and O–H groups in total. The number of halogens is 1. The largest absolute Gasteiger partial charge is 0.278 e. The number of hydrogen-bond donors (Lipinski definition) is 1. The molecule has 0 aliphatic heterocycles. The van der Waals surface area contributed by atoms with Gasteiger partial charge in [0.1, 0.15) is 0 Å². The second-order valence-corrected chi connectivity index (χ2v) is 4.40. The second kappa shape index (κ2) is 5.65. The summed E-state index contributed by atoms with van der Waals surface area (Å²) in [7, 11) is 0. The Bertz CT molecular complexity index is 565. The maximum atomic E-state index is 6.05. The normalized spacial score (nSPS) is 11.4. The first-order valence-corrected chi connectivity index (χ1v) is 6.02. The van der Waals surface area contributed by atoms with Gasteiger partial charge in [-0.25, -0.2) is 0 Å². The molecule has 1 aromatic carbocycles. The van der Waals surface area contributed by atoms with Crippen LogP contribution in [-0.2, 0) is 0 Å². The second-order valence-electron chi connectivity index (χ2n) is 3.99. The number of aromatic nitrogens is 1. The van der Waals surface area contributed by atoms with Gasteiger partial charge in [0.25, 0.3) is 0 Å². The van der Waals surface area contributed by atoms with E-state index in [4.69, 9.17) is 11.6 Å². The fourth-order valence-corrected chi connectivity index (χ4v) is 1.63. The Morgan fingerprint density at radius 1 is 1.28 bits per heavy atom. The van der Waals surface area contributed by atoms with Crippen molar-refractivity contribution in [1.29, 1.82) is 0 Å². The average Bonchev–Trinajstić information content (AvgIpc) is 2.41. The maximum Gasteiger partial charge on any atom is 0.0859 e. The summed E-state index contributed by atoms with van der Waals surface area (Å²) < 4.78 is 0. The minimum absolute atomic E-state index is 0.727. The van der Waals surface area contributed by atoms with E-state index in [1.165, 1.54) is 0 Å². The summed E-state index contributed by atoms with van der Waals surface area (Å²) in [5.74, 6) is 0. The number of rotatable bonds is 3. The summed E-state index contributed by atoms with van der Waals surface area (Å²) in [5, 5.41) is 5.01. The number of nitrogens with one attached hydrogen (secondary N) is 1. The van der Waals surface area contributed by atoms with Crippen LogP contribution >= 0.6 is 11.6 Å². The molecule has 0 bridgehead atoms. The molecule has 3 nitrogen and oxygen atoms in total. The van der Waals surface area contributed by atoms with Gasteiger partial charge in [-0.1, -0.05) is 23.7 Å². The van der Waals surface area contributed by atoms with Gasteiger partial charge in [0.15, 0.2) is 0 Å². The quantitative estimate of drug-likeness (QED) is 0.671. The Balaban J connectivity index is 2.13. The van der Waals surface area contributed by atoms with E-state index in [0.717, 1.165) is 27.7 Å². The Kier molecular flexibility index (Phi) is 3.95. The number of hydrogen-bond acceptors (Lipinski definition) is 3. The molecule has 18 heavy (non-hydrogen) atoms. The van der Waals surface area contributed by atoms with Crippen molar-refractivity contribution < 1.29 is 0 Å². The number of nitrogens with zero attached hydrogens (tertiary/aromatic N) is 2. The Morgan fingerprint density at radius 2 is 2.11 bits per heavy atom. The van der Waals surface area contributed by atoms with Crippen LogP contribution in [0.5, 0.6) is 0 Å². The van der Waals surface area contributed by atoms with E-state index in [2.05, 4.69) is 15.5 Å². The molecule has 4 heteroatoms. The zero-order valence-corrected chi connectivity index (χ0v) is 11.1. The van der Waals surface area contributed by atoms with E-state index < -0.39 is 0 Å². The number of benzene rings is 1. The molecule has 0 atom stereocenters. The lowest BCUT2D eigenvalue weighted by Gasteiger charge is -2.04. The Labute approximate surface area is 112 Å². The van der Waals surface area contributed by atoms with Crippen LogP contribution in [-0.4, -0.2) is 10.7 Å². The third kappa shape index (κ3) is 3.08. The lowest BCUT2D eigenvalue weighted by Crippen LogP contribution is -2.01. The average molecular weight is 260 g/mol. The van der Waals surface area contributed by atoms with E-state index in [0.29, 0.717) is 0 Å². The zero-order chi connectivity index (χ0) is 13.0. The minimum Gasteiger partial charge on any atom is -0.278 e. The van der Waals surface area contributed by atoms with Crippen molar-refractivity contribution in [2.75, 3.05) is 5.43 Å². The molecule has 0 radical (unpaired) electrons. The van der Waals surface area contributed by atoms with E-state index in [1.54, 1.807) is 6.20 Å². The predicted octanol–water partition coefficient (Wildman–Crippen LogP) is 3.88. The van der Waals surface area contributed by atoms with Crippen LogP contribution in [0, 0.1) is 6.92 Å². The lowest BCUT2D eigenvalue weighted by atomic mass is 10.2. The molecule has 92 valence electrons. The molecule has 0 spiro atoms. The van der Waals surface area contributed by atoms with Crippen LogP contribution in [0.4, 0.5) is 5.69 Å². The SMILES string of the molecule is C/C(=N\Nc1ccc(C)c(Cl)c1)c1ccccn1. The topological polar surface area (TPSA) is 37.3 Å². The highest BCUT2D eigenvalue weighted by atomic mass is 35.5. The van der Waals surface area contributed by atoms with Crippen molar-refractivity contribution in [3.8, 4) is 0 Å². The van der Waals surface area contributed by atoms with Crippen molar-refractivity contribution in [3.63, 3.8) is 0 Å². The fourth-order valence-electron chi connectivity index (χ4n) is 1.44. The van der Waals surface area contributed by atoms with Crippen molar-refractivity contribution >= 4 is 23.0 Å². The standard InChI is InChI=1S/C14H14ClN3/c1-10-6-7-12(9-13(10)15)18-17-11(2)14-5-3-4-8-16-14/h3-9,18H,1-2H3/b17-11+. The number of anilines is 1. The van der Waals surface area contributed by atoms with Gasteiger partial charge >= 0.3 is 0 Å². The molecule has 0 aliphatic rings. The first-order valence-electron chi connectivity index (χ1n) is 5.64. The summed E-state index contributed by atoms with van der Waals surface area (Å²) in [6.07, 6.45) is 1.75. The molecule has 0 saturated carbocycles. The van der Waals surface area contributed by atoms with Gasteiger partial charge in [0.2, 0.25) is 0 Å². The van der Waals surface area contributed by atoms with Crippen LogP contribution in [0.25, 0.3) is 0 Å². The summed E-state index contributed by atoms with van der Waals surface area (Å²) in [6.45, 7) is 3.87. The summed E-state index contributed by atoms with van der Waals surface area (Å²) in [4.78, 5) is 4.23. The van der Waals surface area contributed by atoms with Crippen molar-refractivity contribution in [1.82, 2.24) is 4.98 Å².